The van der Waals surface area contributed by atoms with E-state index < -0.39 is 0 Å². The summed E-state index contributed by atoms with van der Waals surface area (Å²) in [5.74, 6) is 0.968. The Balaban J connectivity index is 2.29. The maximum Gasteiger partial charge on any atom is 0.149 e. The number of anilines is 3. The van der Waals surface area contributed by atoms with Crippen molar-refractivity contribution in [2.45, 2.75) is 6.92 Å². The minimum Gasteiger partial charge on any atom is -0.382 e. The van der Waals surface area contributed by atoms with Gasteiger partial charge in [0, 0.05) is 5.69 Å². The highest BCUT2D eigenvalue weighted by Gasteiger charge is 2.02. The summed E-state index contributed by atoms with van der Waals surface area (Å²) in [6.07, 6.45) is 3.03. The van der Waals surface area contributed by atoms with Crippen LogP contribution in [0.5, 0.6) is 0 Å². The minimum atomic E-state index is 0.373. The van der Waals surface area contributed by atoms with Crippen molar-refractivity contribution in [1.82, 2.24) is 9.97 Å². The molecular weight excluding hydrogens is 214 g/mol. The number of aromatic nitrogens is 2. The highest BCUT2D eigenvalue weighted by Crippen LogP contribution is 2.20. The molecule has 0 unspecified atom stereocenters. The number of nitrogen functional groups attached to an aromatic ring is 1. The Morgan fingerprint density at radius 2 is 2.12 bits per heavy atom. The van der Waals surface area contributed by atoms with Crippen molar-refractivity contribution >= 4 is 17.3 Å². The Morgan fingerprint density at radius 1 is 1.29 bits per heavy atom. The van der Waals surface area contributed by atoms with Gasteiger partial charge in [0.05, 0.1) is 24.0 Å². The van der Waals surface area contributed by atoms with E-state index >= 15 is 0 Å². The van der Waals surface area contributed by atoms with Gasteiger partial charge in [-0.25, -0.2) is 9.97 Å². The van der Waals surface area contributed by atoms with E-state index in [9.17, 15) is 0 Å². The first-order chi connectivity index (χ1) is 8.19. The summed E-state index contributed by atoms with van der Waals surface area (Å²) < 4.78 is 0. The van der Waals surface area contributed by atoms with Gasteiger partial charge in [0.1, 0.15) is 11.6 Å². The molecule has 0 saturated carbocycles. The monoisotopic (exact) mass is 225 g/mol. The molecule has 0 fully saturated rings. The second-order valence-corrected chi connectivity index (χ2v) is 3.59. The van der Waals surface area contributed by atoms with Crippen LogP contribution in [0.1, 0.15) is 11.1 Å². The molecule has 0 bridgehead atoms. The molecule has 0 radical (unpaired) electrons. The van der Waals surface area contributed by atoms with Gasteiger partial charge < -0.3 is 11.1 Å². The van der Waals surface area contributed by atoms with Crippen LogP contribution < -0.4 is 11.1 Å². The summed E-state index contributed by atoms with van der Waals surface area (Å²) in [5.41, 5.74) is 7.92. The number of rotatable bonds is 2. The van der Waals surface area contributed by atoms with Crippen LogP contribution in [-0.4, -0.2) is 9.97 Å². The lowest BCUT2D eigenvalue weighted by molar-refractivity contribution is 1.20. The quantitative estimate of drug-likeness (QED) is 0.815. The molecule has 0 atom stereocenters. The van der Waals surface area contributed by atoms with Crippen LogP contribution in [0.2, 0.25) is 0 Å². The van der Waals surface area contributed by atoms with Crippen molar-refractivity contribution in [3.8, 4) is 6.07 Å². The van der Waals surface area contributed by atoms with Gasteiger partial charge in [-0.1, -0.05) is 6.07 Å². The molecule has 2 rings (SSSR count). The molecule has 1 aromatic heterocycles. The number of nitrogens with one attached hydrogen (secondary N) is 1. The van der Waals surface area contributed by atoms with Gasteiger partial charge >= 0.3 is 0 Å². The van der Waals surface area contributed by atoms with Crippen LogP contribution in [0.3, 0.4) is 0 Å². The fourth-order valence-electron chi connectivity index (χ4n) is 1.37. The van der Waals surface area contributed by atoms with E-state index in [1.807, 2.05) is 13.0 Å². The van der Waals surface area contributed by atoms with Gasteiger partial charge in [0.2, 0.25) is 0 Å². The number of nitriles is 1. The standard InChI is InChI=1S/C12H11N5/c1-8-2-3-9(5-13)4-10(8)17-12-7-15-11(14)6-16-12/h2-4,6-7H,1H3,(H2,14,15)(H,16,17). The van der Waals surface area contributed by atoms with E-state index in [2.05, 4.69) is 21.4 Å². The topological polar surface area (TPSA) is 87.6 Å². The third-order valence-corrected chi connectivity index (χ3v) is 2.30. The molecule has 3 N–H and O–H groups in total. The molecule has 0 aliphatic heterocycles. The summed E-state index contributed by atoms with van der Waals surface area (Å²) in [6, 6.07) is 7.52. The Kier molecular flexibility index (Phi) is 2.88. The average Bonchev–Trinajstić information content (AvgIpc) is 2.35. The highest BCUT2D eigenvalue weighted by atomic mass is 15.0. The van der Waals surface area contributed by atoms with Gasteiger partial charge in [-0.2, -0.15) is 5.26 Å². The maximum atomic E-state index is 8.83. The van der Waals surface area contributed by atoms with Crippen LogP contribution in [0.25, 0.3) is 0 Å². The fraction of sp³-hybridized carbons (Fsp3) is 0.0833. The van der Waals surface area contributed by atoms with Gasteiger partial charge in [-0.15, -0.1) is 0 Å². The molecule has 0 amide bonds. The zero-order valence-corrected chi connectivity index (χ0v) is 9.31. The first-order valence-electron chi connectivity index (χ1n) is 5.04. The predicted octanol–water partition coefficient (Wildman–Crippen LogP) is 1.98. The summed E-state index contributed by atoms with van der Waals surface area (Å²) in [7, 11) is 0. The van der Waals surface area contributed by atoms with E-state index in [4.69, 9.17) is 11.0 Å². The molecule has 1 heterocycles. The molecule has 2 aromatic rings. The second-order valence-electron chi connectivity index (χ2n) is 3.59. The van der Waals surface area contributed by atoms with E-state index in [0.717, 1.165) is 11.3 Å². The first kappa shape index (κ1) is 10.9. The van der Waals surface area contributed by atoms with Gasteiger partial charge in [0.25, 0.3) is 0 Å². The largest absolute Gasteiger partial charge is 0.382 e. The Labute approximate surface area is 98.9 Å². The van der Waals surface area contributed by atoms with Crippen LogP contribution in [-0.2, 0) is 0 Å². The zero-order chi connectivity index (χ0) is 12.3. The normalized spacial score (nSPS) is 9.65. The predicted molar refractivity (Wildman–Crippen MR) is 65.6 cm³/mol. The van der Waals surface area contributed by atoms with Crippen LogP contribution in [0, 0.1) is 18.3 Å². The lowest BCUT2D eigenvalue weighted by Gasteiger charge is -2.08. The summed E-state index contributed by atoms with van der Waals surface area (Å²) in [4.78, 5) is 8.02. The van der Waals surface area contributed by atoms with Gasteiger partial charge in [0.15, 0.2) is 0 Å². The van der Waals surface area contributed by atoms with Crippen molar-refractivity contribution in [2.24, 2.45) is 0 Å². The maximum absolute atomic E-state index is 8.83. The smallest absolute Gasteiger partial charge is 0.149 e. The zero-order valence-electron chi connectivity index (χ0n) is 9.31. The number of hydrogen-bond donors (Lipinski definition) is 2. The SMILES string of the molecule is Cc1ccc(C#N)cc1Nc1cnc(N)cn1. The summed E-state index contributed by atoms with van der Waals surface area (Å²) >= 11 is 0. The molecular formula is C12H11N5. The van der Waals surface area contributed by atoms with Gasteiger partial charge in [-0.3, -0.25) is 0 Å². The lowest BCUT2D eigenvalue weighted by atomic mass is 10.1. The fourth-order valence-corrected chi connectivity index (χ4v) is 1.37. The molecule has 5 heteroatoms. The molecule has 1 aromatic carbocycles. The van der Waals surface area contributed by atoms with Crippen molar-refractivity contribution in [1.29, 1.82) is 5.26 Å². The highest BCUT2D eigenvalue weighted by molar-refractivity contribution is 5.62. The van der Waals surface area contributed by atoms with E-state index in [1.54, 1.807) is 18.3 Å². The molecule has 17 heavy (non-hydrogen) atoms. The Hall–Kier alpha value is -2.61. The van der Waals surface area contributed by atoms with Crippen LogP contribution >= 0.6 is 0 Å². The van der Waals surface area contributed by atoms with E-state index in [1.165, 1.54) is 6.20 Å². The third-order valence-electron chi connectivity index (χ3n) is 2.30. The molecule has 0 aliphatic rings. The number of aryl methyl sites for hydroxylation is 1. The number of hydrogen-bond acceptors (Lipinski definition) is 5. The minimum absolute atomic E-state index is 0.373. The molecule has 0 spiro atoms. The van der Waals surface area contributed by atoms with E-state index in [0.29, 0.717) is 17.2 Å². The first-order valence-corrected chi connectivity index (χ1v) is 5.04. The number of nitrogens with two attached hydrogens (primary N) is 1. The molecule has 5 nitrogen and oxygen atoms in total. The third kappa shape index (κ3) is 2.49. The molecule has 0 aliphatic carbocycles. The van der Waals surface area contributed by atoms with Gasteiger partial charge in [-0.05, 0) is 24.6 Å². The van der Waals surface area contributed by atoms with Crippen molar-refractivity contribution < 1.29 is 0 Å². The van der Waals surface area contributed by atoms with Crippen LogP contribution in [0.4, 0.5) is 17.3 Å². The molecule has 84 valence electrons. The number of nitrogens with zero attached hydrogens (tertiary/aromatic N) is 3. The molecule has 0 saturated heterocycles. The average molecular weight is 225 g/mol. The summed E-state index contributed by atoms with van der Waals surface area (Å²) in [5, 5.41) is 11.9. The van der Waals surface area contributed by atoms with Crippen LogP contribution in [0.15, 0.2) is 30.6 Å². The number of benzene rings is 1. The Bertz CT molecular complexity index is 568. The lowest BCUT2D eigenvalue weighted by Crippen LogP contribution is -1.98. The summed E-state index contributed by atoms with van der Waals surface area (Å²) in [6.45, 7) is 1.95. The van der Waals surface area contributed by atoms with E-state index in [-0.39, 0.29) is 0 Å². The van der Waals surface area contributed by atoms with Crippen molar-refractivity contribution in [2.75, 3.05) is 11.1 Å². The Morgan fingerprint density at radius 3 is 2.76 bits per heavy atom. The second kappa shape index (κ2) is 4.49. The van der Waals surface area contributed by atoms with Crippen molar-refractivity contribution in [3.05, 3.63) is 41.7 Å². The van der Waals surface area contributed by atoms with Crippen molar-refractivity contribution in [3.63, 3.8) is 0 Å².